The molecule has 1 N–H and O–H groups in total. The van der Waals surface area contributed by atoms with E-state index in [1.54, 1.807) is 7.11 Å². The number of nitrogens with zero attached hydrogens (tertiary/aromatic N) is 2. The van der Waals surface area contributed by atoms with Crippen LogP contribution in [0.3, 0.4) is 0 Å². The van der Waals surface area contributed by atoms with Gasteiger partial charge in [0, 0.05) is 7.11 Å². The van der Waals surface area contributed by atoms with E-state index in [0.717, 1.165) is 50.4 Å². The lowest BCUT2D eigenvalue weighted by Crippen LogP contribution is -2.37. The van der Waals surface area contributed by atoms with E-state index in [0.29, 0.717) is 5.41 Å². The van der Waals surface area contributed by atoms with Crippen molar-refractivity contribution in [2.75, 3.05) is 13.7 Å². The highest BCUT2D eigenvalue weighted by molar-refractivity contribution is 5.07. The summed E-state index contributed by atoms with van der Waals surface area (Å²) in [5.41, 5.74) is 0.0392. The van der Waals surface area contributed by atoms with E-state index in [9.17, 15) is 0 Å². The Morgan fingerprint density at radius 3 is 2.60 bits per heavy atom. The van der Waals surface area contributed by atoms with E-state index < -0.39 is 0 Å². The number of hydrogen-bond donors (Lipinski definition) is 1. The fourth-order valence-corrected chi connectivity index (χ4v) is 3.31. The van der Waals surface area contributed by atoms with Gasteiger partial charge in [0.1, 0.15) is 5.60 Å². The molecule has 5 nitrogen and oxygen atoms in total. The Bertz CT molecular complexity index is 453. The highest BCUT2D eigenvalue weighted by Gasteiger charge is 2.43. The molecule has 5 heteroatoms. The van der Waals surface area contributed by atoms with E-state index in [-0.39, 0.29) is 11.6 Å². The number of rotatable bonds is 3. The van der Waals surface area contributed by atoms with Crippen molar-refractivity contribution in [1.29, 1.82) is 0 Å². The monoisotopic (exact) mass is 279 g/mol. The Morgan fingerprint density at radius 2 is 2.00 bits per heavy atom. The molecule has 1 saturated heterocycles. The molecule has 1 aliphatic carbocycles. The summed E-state index contributed by atoms with van der Waals surface area (Å²) in [5, 5.41) is 7.62. The van der Waals surface area contributed by atoms with Crippen LogP contribution in [-0.4, -0.2) is 23.8 Å². The minimum absolute atomic E-state index is 0.227. The van der Waals surface area contributed by atoms with Crippen molar-refractivity contribution in [3.8, 4) is 0 Å². The minimum atomic E-state index is -0.351. The second kappa shape index (κ2) is 5.11. The Balaban J connectivity index is 1.79. The standard InChI is InChI=1S/C15H25N3O2/c1-14(2)6-8-15(19-3,9-7-14)13-17-12(20-18-13)11-5-4-10-16-11/h11,16H,4-10H2,1-3H3/t11-/m1/s1. The summed E-state index contributed by atoms with van der Waals surface area (Å²) in [6, 6.07) is 0.227. The van der Waals surface area contributed by atoms with Crippen LogP contribution in [-0.2, 0) is 10.3 Å². The van der Waals surface area contributed by atoms with Crippen LogP contribution in [0.5, 0.6) is 0 Å². The number of nitrogens with one attached hydrogen (secondary N) is 1. The number of ether oxygens (including phenoxy) is 1. The lowest BCUT2D eigenvalue weighted by molar-refractivity contribution is -0.0740. The summed E-state index contributed by atoms with van der Waals surface area (Å²) in [7, 11) is 1.77. The predicted octanol–water partition coefficient (Wildman–Crippen LogP) is 2.94. The van der Waals surface area contributed by atoms with Crippen molar-refractivity contribution in [2.24, 2.45) is 5.41 Å². The van der Waals surface area contributed by atoms with Gasteiger partial charge in [-0.25, -0.2) is 0 Å². The molecule has 0 spiro atoms. The smallest absolute Gasteiger partial charge is 0.243 e. The van der Waals surface area contributed by atoms with Crippen LogP contribution in [0.1, 0.15) is 70.1 Å². The van der Waals surface area contributed by atoms with Crippen molar-refractivity contribution in [3.63, 3.8) is 0 Å². The molecule has 3 rings (SSSR count). The SMILES string of the molecule is COC1(c2noc([C@H]3CCCN3)n2)CCC(C)(C)CC1. The summed E-state index contributed by atoms with van der Waals surface area (Å²) < 4.78 is 11.3. The van der Waals surface area contributed by atoms with Gasteiger partial charge in [0.15, 0.2) is 0 Å². The molecule has 112 valence electrons. The van der Waals surface area contributed by atoms with Crippen molar-refractivity contribution >= 4 is 0 Å². The van der Waals surface area contributed by atoms with Crippen molar-refractivity contribution in [2.45, 2.75) is 64.0 Å². The molecule has 0 unspecified atom stereocenters. The molecule has 2 fully saturated rings. The Labute approximate surface area is 120 Å². The first kappa shape index (κ1) is 14.0. The molecule has 20 heavy (non-hydrogen) atoms. The van der Waals surface area contributed by atoms with Gasteiger partial charge in [0.2, 0.25) is 11.7 Å². The van der Waals surface area contributed by atoms with E-state index in [2.05, 4.69) is 29.3 Å². The zero-order valence-electron chi connectivity index (χ0n) is 12.7. The first-order valence-corrected chi connectivity index (χ1v) is 7.67. The largest absolute Gasteiger partial charge is 0.370 e. The highest BCUT2D eigenvalue weighted by Crippen LogP contribution is 2.46. The van der Waals surface area contributed by atoms with Gasteiger partial charge in [-0.2, -0.15) is 4.98 Å². The third-order valence-electron chi connectivity index (χ3n) is 5.01. The maximum absolute atomic E-state index is 5.83. The molecule has 1 atom stereocenters. The fraction of sp³-hybridized carbons (Fsp3) is 0.867. The Kier molecular flexibility index (Phi) is 3.58. The summed E-state index contributed by atoms with van der Waals surface area (Å²) >= 11 is 0. The van der Waals surface area contributed by atoms with Gasteiger partial charge in [-0.3, -0.25) is 0 Å². The van der Waals surface area contributed by atoms with Crippen LogP contribution in [0.4, 0.5) is 0 Å². The average Bonchev–Trinajstić information content (AvgIpc) is 3.10. The molecular formula is C15H25N3O2. The molecule has 0 amide bonds. The minimum Gasteiger partial charge on any atom is -0.370 e. The molecule has 1 aliphatic heterocycles. The zero-order chi connectivity index (χ0) is 14.2. The van der Waals surface area contributed by atoms with E-state index in [1.807, 2.05) is 0 Å². The van der Waals surface area contributed by atoms with Gasteiger partial charge in [0.25, 0.3) is 0 Å². The summed E-state index contributed by atoms with van der Waals surface area (Å²) in [6.07, 6.45) is 6.44. The van der Waals surface area contributed by atoms with Gasteiger partial charge in [-0.05, 0) is 50.5 Å². The van der Waals surface area contributed by atoms with Crippen LogP contribution in [0.2, 0.25) is 0 Å². The zero-order valence-corrected chi connectivity index (χ0v) is 12.7. The molecule has 0 radical (unpaired) electrons. The normalized spacial score (nSPS) is 28.6. The number of aromatic nitrogens is 2. The maximum atomic E-state index is 5.83. The average molecular weight is 279 g/mol. The van der Waals surface area contributed by atoms with Crippen LogP contribution in [0.15, 0.2) is 4.52 Å². The Hall–Kier alpha value is -0.940. The van der Waals surface area contributed by atoms with Crippen LogP contribution in [0, 0.1) is 5.41 Å². The lowest BCUT2D eigenvalue weighted by atomic mass is 9.70. The van der Waals surface area contributed by atoms with Gasteiger partial charge in [0.05, 0.1) is 6.04 Å². The van der Waals surface area contributed by atoms with Crippen molar-refractivity contribution in [3.05, 3.63) is 11.7 Å². The summed E-state index contributed by atoms with van der Waals surface area (Å²) in [4.78, 5) is 4.64. The maximum Gasteiger partial charge on any atom is 0.243 e. The summed E-state index contributed by atoms with van der Waals surface area (Å²) in [6.45, 7) is 5.67. The van der Waals surface area contributed by atoms with Crippen molar-refractivity contribution in [1.82, 2.24) is 15.5 Å². The van der Waals surface area contributed by atoms with E-state index in [1.165, 1.54) is 6.42 Å². The van der Waals surface area contributed by atoms with Gasteiger partial charge < -0.3 is 14.6 Å². The molecular weight excluding hydrogens is 254 g/mol. The molecule has 2 heterocycles. The fourth-order valence-electron chi connectivity index (χ4n) is 3.31. The van der Waals surface area contributed by atoms with Gasteiger partial charge in [-0.1, -0.05) is 19.0 Å². The Morgan fingerprint density at radius 1 is 1.25 bits per heavy atom. The molecule has 1 saturated carbocycles. The molecule has 2 aliphatic rings. The van der Waals surface area contributed by atoms with Crippen molar-refractivity contribution < 1.29 is 9.26 Å². The molecule has 0 aromatic carbocycles. The highest BCUT2D eigenvalue weighted by atomic mass is 16.5. The predicted molar refractivity (Wildman–Crippen MR) is 75.2 cm³/mol. The second-order valence-corrected chi connectivity index (χ2v) is 6.97. The third kappa shape index (κ3) is 2.49. The van der Waals surface area contributed by atoms with Crippen LogP contribution < -0.4 is 5.32 Å². The van der Waals surface area contributed by atoms with Crippen LogP contribution in [0.25, 0.3) is 0 Å². The topological polar surface area (TPSA) is 60.2 Å². The first-order chi connectivity index (χ1) is 9.55. The molecule has 1 aromatic rings. The molecule has 1 aromatic heterocycles. The quantitative estimate of drug-likeness (QED) is 0.921. The van der Waals surface area contributed by atoms with Gasteiger partial charge in [-0.15, -0.1) is 0 Å². The van der Waals surface area contributed by atoms with E-state index >= 15 is 0 Å². The lowest BCUT2D eigenvalue weighted by Gasteiger charge is -2.40. The number of hydrogen-bond acceptors (Lipinski definition) is 5. The van der Waals surface area contributed by atoms with E-state index in [4.69, 9.17) is 9.26 Å². The van der Waals surface area contributed by atoms with Gasteiger partial charge >= 0.3 is 0 Å². The third-order valence-corrected chi connectivity index (χ3v) is 5.01. The van der Waals surface area contributed by atoms with Crippen LogP contribution >= 0.6 is 0 Å². The first-order valence-electron chi connectivity index (χ1n) is 7.67. The second-order valence-electron chi connectivity index (χ2n) is 6.97. The molecule has 0 bridgehead atoms. The number of methoxy groups -OCH3 is 1. The summed E-state index contributed by atoms with van der Waals surface area (Å²) in [5.74, 6) is 1.46.